The molecule has 0 aromatic rings. The van der Waals surface area contributed by atoms with Crippen LogP contribution in [0.4, 0.5) is 0 Å². The zero-order chi connectivity index (χ0) is 11.4. The predicted molar refractivity (Wildman–Crippen MR) is 59.4 cm³/mol. The highest BCUT2D eigenvalue weighted by atomic mass is 16.3. The Bertz CT molecular complexity index is 289. The van der Waals surface area contributed by atoms with Gasteiger partial charge in [-0.1, -0.05) is 6.58 Å². The van der Waals surface area contributed by atoms with Crippen molar-refractivity contribution in [3.05, 3.63) is 24.1 Å². The van der Waals surface area contributed by atoms with Crippen LogP contribution in [-0.2, 0) is 4.79 Å². The second kappa shape index (κ2) is 4.87. The van der Waals surface area contributed by atoms with Crippen molar-refractivity contribution in [1.29, 1.82) is 0 Å². The van der Waals surface area contributed by atoms with Gasteiger partial charge in [-0.15, -0.1) is 0 Å². The second-order valence-corrected chi connectivity index (χ2v) is 3.90. The third-order valence-corrected chi connectivity index (χ3v) is 2.48. The molecule has 0 aliphatic carbocycles. The number of aliphatic hydroxyl groups is 1. The minimum Gasteiger partial charge on any atom is -0.506 e. The summed E-state index contributed by atoms with van der Waals surface area (Å²) in [6.45, 7) is 5.61. The fraction of sp³-hybridized carbons (Fsp3) is 0.545. The summed E-state index contributed by atoms with van der Waals surface area (Å²) < 4.78 is 0. The van der Waals surface area contributed by atoms with Crippen LogP contribution in [0.25, 0.3) is 0 Å². The Kier molecular flexibility index (Phi) is 3.77. The second-order valence-electron chi connectivity index (χ2n) is 3.90. The molecule has 4 nitrogen and oxygen atoms in total. The number of likely N-dealkylation sites (N-methyl/N-ethyl adjacent to an activating group) is 1. The molecule has 1 amide bonds. The molecule has 1 rings (SSSR count). The summed E-state index contributed by atoms with van der Waals surface area (Å²) in [6.07, 6.45) is 3.45. The maximum absolute atomic E-state index is 11.3. The molecule has 1 N–H and O–H groups in total. The molecule has 1 heterocycles. The first kappa shape index (κ1) is 11.6. The molecule has 1 saturated heterocycles. The lowest BCUT2D eigenvalue weighted by atomic mass is 10.3. The lowest BCUT2D eigenvalue weighted by molar-refractivity contribution is -0.123. The molecule has 0 aromatic heterocycles. The molecule has 0 atom stereocenters. The van der Waals surface area contributed by atoms with E-state index in [2.05, 4.69) is 6.58 Å². The summed E-state index contributed by atoms with van der Waals surface area (Å²) in [5.41, 5.74) is 0.544. The molecular weight excluding hydrogens is 192 g/mol. The molecule has 1 fully saturated rings. The summed E-state index contributed by atoms with van der Waals surface area (Å²) in [4.78, 5) is 14.7. The van der Waals surface area contributed by atoms with E-state index in [1.54, 1.807) is 14.1 Å². The van der Waals surface area contributed by atoms with Crippen LogP contribution in [0.5, 0.6) is 0 Å². The van der Waals surface area contributed by atoms with Crippen molar-refractivity contribution in [3.63, 3.8) is 0 Å². The molecule has 1 aliphatic heterocycles. The van der Waals surface area contributed by atoms with Crippen molar-refractivity contribution in [2.45, 2.75) is 12.8 Å². The van der Waals surface area contributed by atoms with Crippen molar-refractivity contribution in [3.8, 4) is 0 Å². The van der Waals surface area contributed by atoms with Crippen LogP contribution in [0.2, 0.25) is 0 Å². The highest BCUT2D eigenvalue weighted by Gasteiger charge is 2.16. The van der Waals surface area contributed by atoms with E-state index in [1.165, 1.54) is 11.0 Å². The van der Waals surface area contributed by atoms with E-state index in [4.69, 9.17) is 0 Å². The van der Waals surface area contributed by atoms with Gasteiger partial charge in [0.2, 0.25) is 5.91 Å². The van der Waals surface area contributed by atoms with Crippen molar-refractivity contribution in [2.24, 2.45) is 0 Å². The predicted octanol–water partition coefficient (Wildman–Crippen LogP) is 1.13. The van der Waals surface area contributed by atoms with E-state index in [0.717, 1.165) is 25.9 Å². The molecule has 1 aliphatic rings. The first-order chi connectivity index (χ1) is 7.02. The van der Waals surface area contributed by atoms with Crippen LogP contribution < -0.4 is 0 Å². The SMILES string of the molecule is C=C(/C(O)=C/C(=O)N(C)C)N1CCCC1. The molecule has 0 aromatic carbocycles. The van der Waals surface area contributed by atoms with Gasteiger partial charge in [0.15, 0.2) is 0 Å². The van der Waals surface area contributed by atoms with Crippen molar-refractivity contribution in [1.82, 2.24) is 9.80 Å². The number of hydrogen-bond acceptors (Lipinski definition) is 3. The van der Waals surface area contributed by atoms with Gasteiger partial charge in [-0.05, 0) is 12.8 Å². The van der Waals surface area contributed by atoms with Crippen molar-refractivity contribution >= 4 is 5.91 Å². The van der Waals surface area contributed by atoms with Gasteiger partial charge in [-0.2, -0.15) is 0 Å². The topological polar surface area (TPSA) is 43.8 Å². The highest BCUT2D eigenvalue weighted by Crippen LogP contribution is 2.17. The van der Waals surface area contributed by atoms with E-state index >= 15 is 0 Å². The number of nitrogens with zero attached hydrogens (tertiary/aromatic N) is 2. The Labute approximate surface area is 90.5 Å². The average Bonchev–Trinajstić information content (AvgIpc) is 2.68. The summed E-state index contributed by atoms with van der Waals surface area (Å²) in [5, 5.41) is 9.67. The first-order valence-corrected chi connectivity index (χ1v) is 5.08. The monoisotopic (exact) mass is 210 g/mol. The molecular formula is C11H18N2O2. The average molecular weight is 210 g/mol. The van der Waals surface area contributed by atoms with Gasteiger partial charge in [0, 0.05) is 33.3 Å². The van der Waals surface area contributed by atoms with Crippen LogP contribution in [0.1, 0.15) is 12.8 Å². The van der Waals surface area contributed by atoms with E-state index in [1.807, 2.05) is 4.90 Å². The summed E-state index contributed by atoms with van der Waals surface area (Å²) in [5.74, 6) is -0.261. The van der Waals surface area contributed by atoms with Crippen molar-refractivity contribution < 1.29 is 9.90 Å². The maximum atomic E-state index is 11.3. The number of rotatable bonds is 3. The Balaban J connectivity index is 2.62. The quantitative estimate of drug-likeness (QED) is 0.431. The summed E-state index contributed by atoms with van der Waals surface area (Å²) >= 11 is 0. The van der Waals surface area contributed by atoms with Gasteiger partial charge < -0.3 is 14.9 Å². The Morgan fingerprint density at radius 3 is 2.40 bits per heavy atom. The number of carbonyl (C=O) groups is 1. The largest absolute Gasteiger partial charge is 0.506 e. The van der Waals surface area contributed by atoms with Gasteiger partial charge in [-0.25, -0.2) is 0 Å². The molecule has 4 heteroatoms. The summed E-state index contributed by atoms with van der Waals surface area (Å²) in [7, 11) is 3.29. The Morgan fingerprint density at radius 1 is 1.40 bits per heavy atom. The molecule has 15 heavy (non-hydrogen) atoms. The number of likely N-dealkylation sites (tertiary alicyclic amines) is 1. The molecule has 84 valence electrons. The Morgan fingerprint density at radius 2 is 1.93 bits per heavy atom. The number of carbonyl (C=O) groups excluding carboxylic acids is 1. The smallest absolute Gasteiger partial charge is 0.249 e. The minimum atomic E-state index is -0.229. The zero-order valence-corrected chi connectivity index (χ0v) is 9.36. The zero-order valence-electron chi connectivity index (χ0n) is 9.36. The van der Waals surface area contributed by atoms with Gasteiger partial charge >= 0.3 is 0 Å². The van der Waals surface area contributed by atoms with Gasteiger partial charge in [0.25, 0.3) is 0 Å². The van der Waals surface area contributed by atoms with E-state index in [0.29, 0.717) is 5.70 Å². The van der Waals surface area contributed by atoms with E-state index in [9.17, 15) is 9.90 Å². The Hall–Kier alpha value is -1.45. The molecule has 0 bridgehead atoms. The third-order valence-electron chi connectivity index (χ3n) is 2.48. The van der Waals surface area contributed by atoms with Crippen LogP contribution in [0.15, 0.2) is 24.1 Å². The lowest BCUT2D eigenvalue weighted by Crippen LogP contribution is -2.22. The van der Waals surface area contributed by atoms with Crippen LogP contribution in [0.3, 0.4) is 0 Å². The van der Waals surface area contributed by atoms with E-state index in [-0.39, 0.29) is 11.7 Å². The minimum absolute atomic E-state index is 0.0319. The fourth-order valence-electron chi connectivity index (χ4n) is 1.48. The van der Waals surface area contributed by atoms with Crippen LogP contribution in [0, 0.1) is 0 Å². The number of aliphatic hydroxyl groups excluding tert-OH is 1. The molecule has 0 radical (unpaired) electrons. The van der Waals surface area contributed by atoms with Gasteiger partial charge in [0.05, 0.1) is 5.70 Å². The normalized spacial score (nSPS) is 16.7. The van der Waals surface area contributed by atoms with Crippen molar-refractivity contribution in [2.75, 3.05) is 27.2 Å². The molecule has 0 saturated carbocycles. The van der Waals surface area contributed by atoms with Crippen LogP contribution in [-0.4, -0.2) is 48.0 Å². The van der Waals surface area contributed by atoms with Gasteiger partial charge in [0.1, 0.15) is 5.76 Å². The standard InChI is InChI=1S/C11H18N2O2/c1-9(13-6-4-5-7-13)10(14)8-11(15)12(2)3/h8,14H,1,4-7H2,2-3H3/b10-8-. The fourth-order valence-corrected chi connectivity index (χ4v) is 1.48. The first-order valence-electron chi connectivity index (χ1n) is 5.08. The lowest BCUT2D eigenvalue weighted by Gasteiger charge is -2.19. The molecule has 0 spiro atoms. The molecule has 0 unspecified atom stereocenters. The number of hydrogen-bond donors (Lipinski definition) is 1. The highest BCUT2D eigenvalue weighted by molar-refractivity contribution is 5.88. The van der Waals surface area contributed by atoms with Crippen LogP contribution >= 0.6 is 0 Å². The van der Waals surface area contributed by atoms with E-state index < -0.39 is 0 Å². The summed E-state index contributed by atoms with van der Waals surface area (Å²) in [6, 6.07) is 0. The van der Waals surface area contributed by atoms with Gasteiger partial charge in [-0.3, -0.25) is 4.79 Å². The maximum Gasteiger partial charge on any atom is 0.249 e. The third kappa shape index (κ3) is 3.01. The number of amides is 1.